The number of pyridine rings is 1. The Kier molecular flexibility index (Phi) is 16.5. The molecular formula is C35H35F12N9O7. The topological polar surface area (TPSA) is 224 Å². The number of aromatic nitrogens is 6. The number of alkyl halides is 12. The molecule has 4 N–H and O–H groups in total. The van der Waals surface area contributed by atoms with Crippen molar-refractivity contribution in [2.24, 2.45) is 0 Å². The fraction of sp³-hybridized carbons (Fsp3) is 0.486. The fourth-order valence-corrected chi connectivity index (χ4v) is 6.18. The highest BCUT2D eigenvalue weighted by molar-refractivity contribution is 5.90. The average molecular weight is 922 g/mol. The van der Waals surface area contributed by atoms with E-state index < -0.39 is 53.8 Å². The van der Waals surface area contributed by atoms with Crippen molar-refractivity contribution < 1.29 is 87.1 Å². The number of halogens is 12. The molecule has 2 fully saturated rings. The molecule has 1 saturated heterocycles. The molecule has 1 saturated carbocycles. The molecule has 28 heteroatoms. The second-order valence-electron chi connectivity index (χ2n) is 14.0. The number of carbonyl (C=O) groups is 3. The fourth-order valence-electron chi connectivity index (χ4n) is 6.18. The van der Waals surface area contributed by atoms with E-state index in [1.165, 1.54) is 6.33 Å². The Balaban J connectivity index is 0.000000416. The van der Waals surface area contributed by atoms with E-state index in [9.17, 15) is 57.9 Å². The van der Waals surface area contributed by atoms with E-state index in [2.05, 4.69) is 36.0 Å². The molecule has 0 radical (unpaired) electrons. The summed E-state index contributed by atoms with van der Waals surface area (Å²) in [7, 11) is 3.61. The first kappa shape index (κ1) is 51.1. The zero-order valence-electron chi connectivity index (χ0n) is 32.4. The molecule has 0 amide bonds. The highest BCUT2D eigenvalue weighted by Gasteiger charge is 2.48. The summed E-state index contributed by atoms with van der Waals surface area (Å²) in [4.78, 5) is 46.5. The predicted octanol–water partition coefficient (Wildman–Crippen LogP) is 6.51. The maximum absolute atomic E-state index is 13.5. The van der Waals surface area contributed by atoms with Crippen molar-refractivity contribution in [2.75, 3.05) is 27.2 Å². The van der Waals surface area contributed by atoms with Gasteiger partial charge in [-0.1, -0.05) is 0 Å². The van der Waals surface area contributed by atoms with Crippen LogP contribution in [-0.2, 0) is 32.6 Å². The first-order valence-electron chi connectivity index (χ1n) is 17.7. The number of nitrogens with zero attached hydrogens (tertiary/aromatic N) is 8. The summed E-state index contributed by atoms with van der Waals surface area (Å²) in [6.07, 6.45) is -9.40. The molecule has 1 aliphatic heterocycles. The maximum Gasteiger partial charge on any atom is 0.490 e. The number of hydrogen-bond donors (Lipinski definition) is 4. The summed E-state index contributed by atoms with van der Waals surface area (Å²) in [5.74, 6) is -8.25. The number of aromatic amines is 1. The number of H-pyrrole nitrogens is 1. The van der Waals surface area contributed by atoms with Crippen LogP contribution in [0.25, 0.3) is 22.3 Å². The van der Waals surface area contributed by atoms with Crippen molar-refractivity contribution in [2.45, 2.75) is 81.0 Å². The maximum atomic E-state index is 13.5. The van der Waals surface area contributed by atoms with Gasteiger partial charge in [0.2, 0.25) is 5.88 Å². The molecule has 4 aromatic rings. The third kappa shape index (κ3) is 14.7. The smallest absolute Gasteiger partial charge is 0.475 e. The number of aliphatic carboxylic acids is 3. The van der Waals surface area contributed by atoms with Crippen LogP contribution >= 0.6 is 0 Å². The van der Waals surface area contributed by atoms with E-state index in [1.807, 2.05) is 28.0 Å². The number of nitriles is 1. The first-order valence-corrected chi connectivity index (χ1v) is 17.7. The van der Waals surface area contributed by atoms with Crippen LogP contribution in [-0.4, -0.2) is 131 Å². The zero-order valence-corrected chi connectivity index (χ0v) is 32.4. The van der Waals surface area contributed by atoms with E-state index >= 15 is 0 Å². The van der Waals surface area contributed by atoms with Gasteiger partial charge in [-0.15, -0.1) is 0 Å². The summed E-state index contributed by atoms with van der Waals surface area (Å²) in [5.41, 5.74) is 1.57. The van der Waals surface area contributed by atoms with Gasteiger partial charge in [-0.3, -0.25) is 9.58 Å². The van der Waals surface area contributed by atoms with E-state index in [4.69, 9.17) is 34.4 Å². The number of likely N-dealkylation sites (tertiary alicyclic amines) is 1. The van der Waals surface area contributed by atoms with Crippen LogP contribution in [0.5, 0.6) is 5.88 Å². The van der Waals surface area contributed by atoms with Crippen molar-refractivity contribution in [1.29, 1.82) is 5.26 Å². The van der Waals surface area contributed by atoms with Crippen LogP contribution in [0.15, 0.2) is 43.1 Å². The van der Waals surface area contributed by atoms with Crippen molar-refractivity contribution in [3.05, 3.63) is 54.4 Å². The highest BCUT2D eigenvalue weighted by Crippen LogP contribution is 2.39. The number of carboxylic acid groups (broad SMARTS) is 3. The SMILES string of the molecule is CN(C)Cc1cc(OC2CCC(N3CC(CC#N)(n4cc(-c5ncnc6[nH]ccc56)cn4)C3)CC2)nc(C(F)(F)F)c1.O=C(O)C(F)(F)F.O=C(O)C(F)(F)F.O=C(O)C(F)(F)F. The van der Waals surface area contributed by atoms with E-state index in [0.717, 1.165) is 54.0 Å². The number of nitrogens with one attached hydrogen (secondary N) is 1. The lowest BCUT2D eigenvalue weighted by Crippen LogP contribution is -2.65. The van der Waals surface area contributed by atoms with Gasteiger partial charge in [0, 0.05) is 55.1 Å². The van der Waals surface area contributed by atoms with Gasteiger partial charge in [0.25, 0.3) is 0 Å². The van der Waals surface area contributed by atoms with Gasteiger partial charge in [0.1, 0.15) is 29.3 Å². The Morgan fingerprint density at radius 3 is 1.90 bits per heavy atom. The van der Waals surface area contributed by atoms with Crippen LogP contribution in [0.2, 0.25) is 0 Å². The molecule has 5 heterocycles. The summed E-state index contributed by atoms with van der Waals surface area (Å²) in [6, 6.07) is 7.28. The molecule has 346 valence electrons. The molecule has 1 aliphatic carbocycles. The molecule has 0 bridgehead atoms. The Morgan fingerprint density at radius 1 is 0.889 bits per heavy atom. The Bertz CT molecular complexity index is 2160. The lowest BCUT2D eigenvalue weighted by Gasteiger charge is -2.53. The van der Waals surface area contributed by atoms with Crippen LogP contribution in [0.3, 0.4) is 0 Å². The van der Waals surface area contributed by atoms with Crippen LogP contribution in [0.1, 0.15) is 43.4 Å². The molecule has 0 aromatic carbocycles. The van der Waals surface area contributed by atoms with Gasteiger partial charge in [-0.2, -0.15) is 63.0 Å². The zero-order chi connectivity index (χ0) is 47.7. The minimum absolute atomic E-state index is 0.0252. The first-order chi connectivity index (χ1) is 29.0. The largest absolute Gasteiger partial charge is 0.490 e. The number of hydrogen-bond acceptors (Lipinski definition) is 11. The molecule has 0 spiro atoms. The second-order valence-corrected chi connectivity index (χ2v) is 14.0. The monoisotopic (exact) mass is 921 g/mol. The lowest BCUT2D eigenvalue weighted by molar-refractivity contribution is -0.193. The van der Waals surface area contributed by atoms with Crippen molar-refractivity contribution in [3.8, 4) is 23.2 Å². The molecule has 6 rings (SSSR count). The summed E-state index contributed by atoms with van der Waals surface area (Å²) < 4.78 is 143. The van der Waals surface area contributed by atoms with Gasteiger partial charge in [-0.25, -0.2) is 29.3 Å². The van der Waals surface area contributed by atoms with Gasteiger partial charge in [0.15, 0.2) is 0 Å². The Hall–Kier alpha value is -6.24. The molecule has 16 nitrogen and oxygen atoms in total. The normalized spacial score (nSPS) is 17.7. The van der Waals surface area contributed by atoms with Gasteiger partial charge in [-0.05, 0) is 57.5 Å². The van der Waals surface area contributed by atoms with Gasteiger partial charge < -0.3 is 29.9 Å². The summed E-state index contributed by atoms with van der Waals surface area (Å²) in [5, 5.41) is 36.6. The quantitative estimate of drug-likeness (QED) is 0.138. The van der Waals surface area contributed by atoms with E-state index in [0.29, 0.717) is 37.7 Å². The molecule has 2 aliphatic rings. The van der Waals surface area contributed by atoms with E-state index in [1.54, 1.807) is 26.4 Å². The number of fused-ring (bicyclic) bond motifs is 1. The Morgan fingerprint density at radius 2 is 1.43 bits per heavy atom. The van der Waals surface area contributed by atoms with Crippen molar-refractivity contribution >= 4 is 28.9 Å². The lowest BCUT2D eigenvalue weighted by atomic mass is 9.82. The van der Waals surface area contributed by atoms with Crippen LogP contribution < -0.4 is 4.74 Å². The van der Waals surface area contributed by atoms with Crippen molar-refractivity contribution in [3.63, 3.8) is 0 Å². The summed E-state index contributed by atoms with van der Waals surface area (Å²) >= 11 is 0. The third-order valence-corrected chi connectivity index (χ3v) is 8.92. The van der Waals surface area contributed by atoms with Crippen LogP contribution in [0.4, 0.5) is 52.7 Å². The van der Waals surface area contributed by atoms with Crippen LogP contribution in [0, 0.1) is 11.3 Å². The number of rotatable bonds is 8. The van der Waals surface area contributed by atoms with Gasteiger partial charge in [0.05, 0.1) is 24.4 Å². The molecule has 63 heavy (non-hydrogen) atoms. The highest BCUT2D eigenvalue weighted by atomic mass is 19.4. The van der Waals surface area contributed by atoms with E-state index in [-0.39, 0.29) is 12.0 Å². The third-order valence-electron chi connectivity index (χ3n) is 8.92. The number of ether oxygens (including phenoxy) is 1. The van der Waals surface area contributed by atoms with Crippen molar-refractivity contribution in [1.82, 2.24) is 39.5 Å². The summed E-state index contributed by atoms with van der Waals surface area (Å²) in [6.45, 7) is 1.76. The molecular weight excluding hydrogens is 886 g/mol. The minimum Gasteiger partial charge on any atom is -0.475 e. The Labute approximate surface area is 346 Å². The molecule has 4 aromatic heterocycles. The standard InChI is InChI=1S/C29H32F3N9O.3C2HF3O2/c1-39(2)14-19-11-24(29(30,31)32)38-25(12-19)42-22-5-3-21(4-6-22)40-16-28(17-40,8-9-33)41-15-20(13-37-41)26-23-7-10-34-27(23)36-18-35-26;3*3-2(4,5)1(6)7/h7,10-13,15,18,21-22H,3-6,8,14,16-17H2,1-2H3,(H,34,35,36);3*(H,6,7). The predicted molar refractivity (Wildman–Crippen MR) is 189 cm³/mol. The van der Waals surface area contributed by atoms with Gasteiger partial charge >= 0.3 is 42.6 Å². The molecule has 0 atom stereocenters. The molecule has 0 unspecified atom stereocenters. The average Bonchev–Trinajstić information content (AvgIpc) is 3.83. The number of carboxylic acids is 3. The minimum atomic E-state index is -5.08. The second kappa shape index (κ2) is 20.3.